The lowest BCUT2D eigenvalue weighted by molar-refractivity contribution is 0.0696. The second-order valence-electron chi connectivity index (χ2n) is 14.3. The lowest BCUT2D eigenvalue weighted by Gasteiger charge is -2.14. The van der Waals surface area contributed by atoms with Crippen molar-refractivity contribution in [2.75, 3.05) is 13.2 Å². The summed E-state index contributed by atoms with van der Waals surface area (Å²) in [6.07, 6.45) is 43.2. The lowest BCUT2D eigenvalue weighted by atomic mass is 10.0. The molecule has 4 nitrogen and oxygen atoms in total. The van der Waals surface area contributed by atoms with Crippen molar-refractivity contribution in [1.29, 1.82) is 0 Å². The first-order valence-corrected chi connectivity index (χ1v) is 20.8. The van der Waals surface area contributed by atoms with Crippen LogP contribution in [0.2, 0.25) is 0 Å². The van der Waals surface area contributed by atoms with Gasteiger partial charge in [-0.1, -0.05) is 206 Å². The third-order valence-corrected chi connectivity index (χ3v) is 9.70. The first kappa shape index (κ1) is 43.3. The molecule has 0 aromatic heterocycles. The monoisotopic (exact) mass is 659 g/mol. The first-order chi connectivity index (χ1) is 23.2. The van der Waals surface area contributed by atoms with Gasteiger partial charge in [-0.25, -0.2) is 4.79 Å². The van der Waals surface area contributed by atoms with Crippen molar-refractivity contribution in [3.8, 4) is 11.5 Å². The fourth-order valence-electron chi connectivity index (χ4n) is 6.54. The molecule has 0 saturated heterocycles. The minimum Gasteiger partial charge on any atom is -0.490 e. The molecule has 0 aliphatic rings. The highest BCUT2D eigenvalue weighted by Gasteiger charge is 2.11. The number of hydrogen-bond acceptors (Lipinski definition) is 3. The largest absolute Gasteiger partial charge is 0.490 e. The highest BCUT2D eigenvalue weighted by atomic mass is 16.5. The highest BCUT2D eigenvalue weighted by Crippen LogP contribution is 2.29. The molecule has 1 rings (SSSR count). The molecule has 1 aromatic rings. The molecule has 0 radical (unpaired) electrons. The molecule has 0 unspecified atom stereocenters. The minimum atomic E-state index is -0.929. The summed E-state index contributed by atoms with van der Waals surface area (Å²) < 4.78 is 12.1. The fourth-order valence-corrected chi connectivity index (χ4v) is 6.54. The normalized spacial score (nSPS) is 11.3. The SMILES string of the molecule is CCCCCCCCCCCCCCCCCCOc1ccc(C(=O)O)cc1OCCCCCCCCCCCCCCCCCC. The van der Waals surface area contributed by atoms with Crippen LogP contribution < -0.4 is 9.47 Å². The molecule has 0 atom stereocenters. The summed E-state index contributed by atoms with van der Waals surface area (Å²) in [5.41, 5.74) is 0.252. The van der Waals surface area contributed by atoms with Gasteiger partial charge in [0, 0.05) is 0 Å². The Bertz CT molecular complexity index is 807. The van der Waals surface area contributed by atoms with Crippen LogP contribution in [0.5, 0.6) is 11.5 Å². The van der Waals surface area contributed by atoms with E-state index in [2.05, 4.69) is 13.8 Å². The molecule has 1 aromatic carbocycles. The van der Waals surface area contributed by atoms with Crippen LogP contribution in [0.1, 0.15) is 230 Å². The van der Waals surface area contributed by atoms with E-state index < -0.39 is 5.97 Å². The molecule has 0 fully saturated rings. The summed E-state index contributed by atoms with van der Waals surface area (Å²) >= 11 is 0. The summed E-state index contributed by atoms with van der Waals surface area (Å²) in [4.78, 5) is 11.5. The third-order valence-electron chi connectivity index (χ3n) is 9.70. The van der Waals surface area contributed by atoms with Crippen molar-refractivity contribution in [3.63, 3.8) is 0 Å². The molecule has 0 heterocycles. The Morgan fingerprint density at radius 1 is 0.426 bits per heavy atom. The van der Waals surface area contributed by atoms with Gasteiger partial charge in [-0.2, -0.15) is 0 Å². The van der Waals surface area contributed by atoms with Gasteiger partial charge in [0.05, 0.1) is 18.8 Å². The molecule has 47 heavy (non-hydrogen) atoms. The predicted molar refractivity (Wildman–Crippen MR) is 203 cm³/mol. The first-order valence-electron chi connectivity index (χ1n) is 20.8. The van der Waals surface area contributed by atoms with Gasteiger partial charge in [0.1, 0.15) is 0 Å². The van der Waals surface area contributed by atoms with Crippen LogP contribution in [0.25, 0.3) is 0 Å². The molecule has 0 aliphatic heterocycles. The summed E-state index contributed by atoms with van der Waals surface area (Å²) in [6.45, 7) is 5.83. The summed E-state index contributed by atoms with van der Waals surface area (Å²) in [5.74, 6) is 0.316. The molecule has 0 aliphatic carbocycles. The van der Waals surface area contributed by atoms with Crippen LogP contribution >= 0.6 is 0 Å². The molecular formula is C43H78O4. The minimum absolute atomic E-state index is 0.252. The van der Waals surface area contributed by atoms with Crippen LogP contribution in [0.3, 0.4) is 0 Å². The van der Waals surface area contributed by atoms with Gasteiger partial charge in [-0.3, -0.25) is 0 Å². The molecule has 1 N–H and O–H groups in total. The van der Waals surface area contributed by atoms with E-state index in [-0.39, 0.29) is 5.56 Å². The average Bonchev–Trinajstić information content (AvgIpc) is 3.07. The third kappa shape index (κ3) is 27.9. The van der Waals surface area contributed by atoms with E-state index in [9.17, 15) is 9.90 Å². The Morgan fingerprint density at radius 3 is 1.00 bits per heavy atom. The van der Waals surface area contributed by atoms with Crippen LogP contribution in [0, 0.1) is 0 Å². The van der Waals surface area contributed by atoms with Crippen LogP contribution in [-0.2, 0) is 0 Å². The van der Waals surface area contributed by atoms with Crippen molar-refractivity contribution in [2.45, 2.75) is 219 Å². The number of hydrogen-bond donors (Lipinski definition) is 1. The Morgan fingerprint density at radius 2 is 0.702 bits per heavy atom. The molecule has 274 valence electrons. The Hall–Kier alpha value is -1.71. The van der Waals surface area contributed by atoms with E-state index in [4.69, 9.17) is 9.47 Å². The topological polar surface area (TPSA) is 55.8 Å². The number of ether oxygens (including phenoxy) is 2. The molecular weight excluding hydrogens is 580 g/mol. The standard InChI is InChI=1S/C43H78O4/c1-3-5-7-9-11-13-15-17-19-21-23-25-27-29-31-33-37-46-41-36-35-40(43(44)45)39-42(41)47-38-34-32-30-28-26-24-22-20-18-16-14-12-10-8-6-4-2/h35-36,39H,3-34,37-38H2,1-2H3,(H,44,45). The molecule has 4 heteroatoms. The van der Waals surface area contributed by atoms with Crippen molar-refractivity contribution >= 4 is 5.97 Å². The molecule has 0 spiro atoms. The van der Waals surface area contributed by atoms with Crippen LogP contribution in [0.4, 0.5) is 0 Å². The van der Waals surface area contributed by atoms with Gasteiger partial charge in [0.15, 0.2) is 11.5 Å². The van der Waals surface area contributed by atoms with Crippen molar-refractivity contribution in [1.82, 2.24) is 0 Å². The Kier molecular flexibility index (Phi) is 31.5. The van der Waals surface area contributed by atoms with Crippen LogP contribution in [0.15, 0.2) is 18.2 Å². The van der Waals surface area contributed by atoms with Crippen molar-refractivity contribution in [2.24, 2.45) is 0 Å². The van der Waals surface area contributed by atoms with E-state index in [1.807, 2.05) is 0 Å². The summed E-state index contributed by atoms with van der Waals surface area (Å²) in [5, 5.41) is 9.46. The molecule has 0 amide bonds. The number of carboxylic acids is 1. The van der Waals surface area contributed by atoms with E-state index in [0.29, 0.717) is 24.7 Å². The zero-order valence-corrected chi connectivity index (χ0v) is 31.4. The Labute approximate surface area is 292 Å². The van der Waals surface area contributed by atoms with Gasteiger partial charge in [0.25, 0.3) is 0 Å². The van der Waals surface area contributed by atoms with Gasteiger partial charge in [-0.05, 0) is 31.0 Å². The van der Waals surface area contributed by atoms with Gasteiger partial charge < -0.3 is 14.6 Å². The van der Waals surface area contributed by atoms with Gasteiger partial charge >= 0.3 is 5.97 Å². The number of aromatic carboxylic acids is 1. The quantitative estimate of drug-likeness (QED) is 0.0723. The van der Waals surface area contributed by atoms with E-state index >= 15 is 0 Å². The predicted octanol–water partition coefficient (Wildman–Crippen LogP) is 14.7. The van der Waals surface area contributed by atoms with Crippen molar-refractivity contribution in [3.05, 3.63) is 23.8 Å². The van der Waals surface area contributed by atoms with Crippen molar-refractivity contribution < 1.29 is 19.4 Å². The second-order valence-corrected chi connectivity index (χ2v) is 14.3. The number of carboxylic acid groups (broad SMARTS) is 1. The lowest BCUT2D eigenvalue weighted by Crippen LogP contribution is -2.05. The van der Waals surface area contributed by atoms with Gasteiger partial charge in [0.2, 0.25) is 0 Å². The molecule has 0 saturated carbocycles. The summed E-state index contributed by atoms with van der Waals surface area (Å²) in [6, 6.07) is 5.00. The van der Waals surface area contributed by atoms with Gasteiger partial charge in [-0.15, -0.1) is 0 Å². The van der Waals surface area contributed by atoms with E-state index in [1.54, 1.807) is 18.2 Å². The average molecular weight is 659 g/mol. The molecule has 0 bridgehead atoms. The number of benzene rings is 1. The zero-order valence-electron chi connectivity index (χ0n) is 31.4. The highest BCUT2D eigenvalue weighted by molar-refractivity contribution is 5.88. The smallest absolute Gasteiger partial charge is 0.335 e. The second kappa shape index (κ2) is 34.2. The van der Waals surface area contributed by atoms with Crippen LogP contribution in [-0.4, -0.2) is 24.3 Å². The maximum Gasteiger partial charge on any atom is 0.335 e. The van der Waals surface area contributed by atoms with E-state index in [0.717, 1.165) is 19.3 Å². The maximum atomic E-state index is 11.5. The van der Waals surface area contributed by atoms with E-state index in [1.165, 1.54) is 186 Å². The number of rotatable bonds is 37. The fraction of sp³-hybridized carbons (Fsp3) is 0.837. The zero-order chi connectivity index (χ0) is 33.9. The maximum absolute atomic E-state index is 11.5. The summed E-state index contributed by atoms with van der Waals surface area (Å²) in [7, 11) is 0. The number of unbranched alkanes of at least 4 members (excludes halogenated alkanes) is 30. The number of carbonyl (C=O) groups is 1. The Balaban J connectivity index is 2.04.